The molecule has 1 amide bonds. The van der Waals surface area contributed by atoms with E-state index in [1.807, 2.05) is 49.9 Å². The van der Waals surface area contributed by atoms with E-state index in [1.54, 1.807) is 6.08 Å². The lowest BCUT2D eigenvalue weighted by Crippen LogP contribution is -2.65. The minimum atomic E-state index is -5.87. The van der Waals surface area contributed by atoms with Crippen molar-refractivity contribution in [3.8, 4) is 0 Å². The van der Waals surface area contributed by atoms with Crippen molar-refractivity contribution in [1.82, 2.24) is 9.80 Å². The Morgan fingerprint density at radius 2 is 1.61 bits per heavy atom. The summed E-state index contributed by atoms with van der Waals surface area (Å²) in [5, 5.41) is 11.5. The van der Waals surface area contributed by atoms with Gasteiger partial charge in [-0.25, -0.2) is 0 Å². The molecule has 5 atom stereocenters. The monoisotopic (exact) mass is 648 g/mol. The third-order valence-electron chi connectivity index (χ3n) is 11.9. The van der Waals surface area contributed by atoms with Crippen molar-refractivity contribution in [3.63, 3.8) is 0 Å². The zero-order chi connectivity index (χ0) is 33.4. The maximum atomic E-state index is 15.2. The van der Waals surface area contributed by atoms with Crippen LogP contribution in [0.5, 0.6) is 0 Å². The summed E-state index contributed by atoms with van der Waals surface area (Å²) < 4.78 is 72.0. The number of piperazine rings is 1. The number of hydrogen-bond acceptors (Lipinski definition) is 4. The summed E-state index contributed by atoms with van der Waals surface area (Å²) in [5.74, 6) is -6.27. The summed E-state index contributed by atoms with van der Waals surface area (Å²) in [7, 11) is 0. The van der Waals surface area contributed by atoms with Crippen molar-refractivity contribution in [2.24, 2.45) is 22.7 Å². The molecule has 1 aromatic carbocycles. The first-order chi connectivity index (χ1) is 21.4. The molecule has 0 bridgehead atoms. The maximum Gasteiger partial charge on any atom is 0.456 e. The zero-order valence-corrected chi connectivity index (χ0v) is 27.2. The van der Waals surface area contributed by atoms with E-state index in [1.165, 1.54) is 6.92 Å². The van der Waals surface area contributed by atoms with Gasteiger partial charge in [0.05, 0.1) is 0 Å². The van der Waals surface area contributed by atoms with Crippen LogP contribution in [0, 0.1) is 22.7 Å². The fourth-order valence-electron chi connectivity index (χ4n) is 9.41. The highest BCUT2D eigenvalue weighted by atomic mass is 19.4. The average molecular weight is 649 g/mol. The quantitative estimate of drug-likeness (QED) is 0.351. The Morgan fingerprint density at radius 1 is 0.957 bits per heavy atom. The summed E-state index contributed by atoms with van der Waals surface area (Å²) in [6.45, 7) is 10.7. The summed E-state index contributed by atoms with van der Waals surface area (Å²) in [4.78, 5) is 29.2. The normalized spacial score (nSPS) is 32.6. The molecule has 1 N–H and O–H groups in total. The van der Waals surface area contributed by atoms with E-state index in [-0.39, 0.29) is 30.4 Å². The molecule has 1 aromatic rings. The number of aliphatic hydroxyl groups is 1. The lowest BCUT2D eigenvalue weighted by atomic mass is 9.50. The van der Waals surface area contributed by atoms with Crippen LogP contribution in [0.2, 0.25) is 0 Å². The van der Waals surface area contributed by atoms with Crippen LogP contribution in [0.4, 0.5) is 22.0 Å². The van der Waals surface area contributed by atoms with Gasteiger partial charge >= 0.3 is 12.1 Å². The minimum absolute atomic E-state index is 0.0283. The molecule has 46 heavy (non-hydrogen) atoms. The molecule has 10 heteroatoms. The van der Waals surface area contributed by atoms with E-state index >= 15 is 8.78 Å². The first kappa shape index (κ1) is 33.3. The number of alkyl halides is 5. The third-order valence-corrected chi connectivity index (χ3v) is 11.9. The third kappa shape index (κ3) is 5.26. The van der Waals surface area contributed by atoms with Crippen LogP contribution in [0.3, 0.4) is 0 Å². The number of nitrogens with zero attached hydrogens (tertiary/aromatic N) is 2. The number of fused-ring (bicyclic) bond motifs is 4. The van der Waals surface area contributed by atoms with Gasteiger partial charge in [0.25, 0.3) is 0 Å². The molecule has 4 aliphatic carbocycles. The minimum Gasteiger partial charge on any atom is -0.383 e. The van der Waals surface area contributed by atoms with Crippen LogP contribution in [-0.4, -0.2) is 70.5 Å². The zero-order valence-electron chi connectivity index (χ0n) is 27.2. The molecule has 1 heterocycles. The van der Waals surface area contributed by atoms with Gasteiger partial charge in [0.2, 0.25) is 5.91 Å². The fourth-order valence-corrected chi connectivity index (χ4v) is 9.41. The van der Waals surface area contributed by atoms with E-state index in [0.717, 1.165) is 40.9 Å². The maximum absolute atomic E-state index is 15.2. The summed E-state index contributed by atoms with van der Waals surface area (Å²) in [6, 6.07) is 7.89. The van der Waals surface area contributed by atoms with Crippen molar-refractivity contribution < 1.29 is 36.6 Å². The Labute approximate surface area is 267 Å². The summed E-state index contributed by atoms with van der Waals surface area (Å²) in [6.07, 6.45) is -2.69. The van der Waals surface area contributed by atoms with Gasteiger partial charge in [-0.2, -0.15) is 22.0 Å². The molecule has 1 saturated heterocycles. The topological polar surface area (TPSA) is 60.9 Å². The second-order valence-electron chi connectivity index (χ2n) is 15.5. The van der Waals surface area contributed by atoms with Gasteiger partial charge in [0.15, 0.2) is 5.78 Å². The molecule has 0 spiro atoms. The fraction of sp³-hybridized carbons (Fsp3) is 0.667. The Balaban J connectivity index is 1.30. The van der Waals surface area contributed by atoms with Gasteiger partial charge in [-0.05, 0) is 78.7 Å². The summed E-state index contributed by atoms with van der Waals surface area (Å²) >= 11 is 0. The van der Waals surface area contributed by atoms with Gasteiger partial charge in [0.1, 0.15) is 5.60 Å². The number of amides is 1. The van der Waals surface area contributed by atoms with E-state index in [2.05, 4.69) is 4.90 Å². The lowest BCUT2D eigenvalue weighted by Gasteiger charge is -2.56. The average Bonchev–Trinajstić information content (AvgIpc) is 3.27. The Hall–Kier alpha value is -2.59. The predicted molar refractivity (Wildman–Crippen MR) is 164 cm³/mol. The second-order valence-corrected chi connectivity index (χ2v) is 15.5. The number of allylic oxidation sites excluding steroid dienone is 4. The van der Waals surface area contributed by atoms with Crippen LogP contribution in [0.1, 0.15) is 89.7 Å². The largest absolute Gasteiger partial charge is 0.456 e. The van der Waals surface area contributed by atoms with Crippen molar-refractivity contribution in [2.45, 2.75) is 103 Å². The Morgan fingerprint density at radius 3 is 2.22 bits per heavy atom. The van der Waals surface area contributed by atoms with Crippen molar-refractivity contribution in [1.29, 1.82) is 0 Å². The van der Waals surface area contributed by atoms with Crippen LogP contribution in [-0.2, 0) is 16.1 Å². The molecule has 1 aliphatic heterocycles. The smallest absolute Gasteiger partial charge is 0.383 e. The van der Waals surface area contributed by atoms with Crippen molar-refractivity contribution in [2.75, 3.05) is 26.2 Å². The van der Waals surface area contributed by atoms with Gasteiger partial charge in [-0.15, -0.1) is 0 Å². The van der Waals surface area contributed by atoms with Gasteiger partial charge in [0, 0.05) is 55.9 Å². The predicted octanol–water partition coefficient (Wildman–Crippen LogP) is 7.21. The number of hydrogen-bond donors (Lipinski definition) is 1. The Bertz CT molecular complexity index is 1450. The second kappa shape index (κ2) is 11.2. The number of rotatable bonds is 4. The van der Waals surface area contributed by atoms with E-state index in [9.17, 15) is 27.9 Å². The number of carbonyl (C=O) groups excluding carboxylic acids is 2. The highest BCUT2D eigenvalue weighted by Gasteiger charge is 2.79. The molecule has 3 fully saturated rings. The molecular formula is C36H45F5N2O3. The van der Waals surface area contributed by atoms with E-state index in [4.69, 9.17) is 0 Å². The molecule has 0 unspecified atom stereocenters. The lowest BCUT2D eigenvalue weighted by molar-refractivity contribution is -0.362. The van der Waals surface area contributed by atoms with Crippen molar-refractivity contribution in [3.05, 3.63) is 58.2 Å². The molecule has 5 aliphatic rings. The van der Waals surface area contributed by atoms with Crippen LogP contribution in [0.15, 0.2) is 47.1 Å². The number of halogens is 5. The van der Waals surface area contributed by atoms with Gasteiger partial charge in [-0.1, -0.05) is 57.5 Å². The molecule has 252 valence electrons. The van der Waals surface area contributed by atoms with E-state index in [0.29, 0.717) is 45.3 Å². The van der Waals surface area contributed by atoms with Crippen LogP contribution >= 0.6 is 0 Å². The van der Waals surface area contributed by atoms with Crippen molar-refractivity contribution >= 4 is 11.7 Å². The molecular weight excluding hydrogens is 603 g/mol. The van der Waals surface area contributed by atoms with Crippen LogP contribution < -0.4 is 0 Å². The standard InChI is InChI=1S/C36H45F5N2O3/c1-32(2,3)31(45)43-17-15-42(16-18-43)21-22-5-7-23(8-6-22)28-20-33(4)29(13-14-34(33,46)35(37,38)36(39,40)41)27-11-9-24-19-25(44)10-12-26(24)30(27)28/h5-8,19,27-29,46H,9-18,20-21H2,1-4H3/t27-,28+,29-,33-,34+/m0/s1. The highest BCUT2D eigenvalue weighted by molar-refractivity contribution is 5.93. The molecule has 0 aromatic heterocycles. The van der Waals surface area contributed by atoms with Gasteiger partial charge < -0.3 is 10.0 Å². The first-order valence-corrected chi connectivity index (χ1v) is 16.6. The Kier molecular flexibility index (Phi) is 8.15. The number of carbonyl (C=O) groups is 2. The number of benzene rings is 1. The molecule has 2 saturated carbocycles. The molecule has 5 nitrogen and oxygen atoms in total. The molecule has 0 radical (unpaired) electrons. The first-order valence-electron chi connectivity index (χ1n) is 16.6. The molecule has 6 rings (SSSR count). The van der Waals surface area contributed by atoms with Crippen LogP contribution in [0.25, 0.3) is 0 Å². The summed E-state index contributed by atoms with van der Waals surface area (Å²) in [5.41, 5.74) is -0.339. The highest BCUT2D eigenvalue weighted by Crippen LogP contribution is 2.70. The SMILES string of the molecule is CC(C)(C)C(=O)N1CCN(Cc2ccc([C@H]3C[C@@]4(C)[C@@H](CC[C@]4(O)C(F)(F)C(F)(F)F)[C@@H]4CCC5=CC(=O)CCC5=C43)cc2)CC1. The van der Waals surface area contributed by atoms with Gasteiger partial charge in [-0.3, -0.25) is 14.5 Å². The van der Waals surface area contributed by atoms with E-state index < -0.39 is 46.8 Å². The number of ketones is 1.